The number of morpholine rings is 1. The molecule has 0 amide bonds. The molecule has 0 saturated carbocycles. The van der Waals surface area contributed by atoms with Gasteiger partial charge in [-0.15, -0.1) is 11.3 Å². The van der Waals surface area contributed by atoms with Gasteiger partial charge in [0.15, 0.2) is 0 Å². The fourth-order valence-corrected chi connectivity index (χ4v) is 3.77. The Morgan fingerprint density at radius 3 is 3.25 bits per heavy atom. The van der Waals surface area contributed by atoms with E-state index >= 15 is 0 Å². The first kappa shape index (κ1) is 14.0. The zero-order valence-electron chi connectivity index (χ0n) is 11.4. The fourth-order valence-electron chi connectivity index (χ4n) is 2.95. The van der Waals surface area contributed by atoms with E-state index in [0.29, 0.717) is 17.5 Å². The fraction of sp³-hybridized carbons (Fsp3) is 0.643. The standard InChI is InChI=1S/C14H20N2O3S/c17-14(18)13-4-3-12(20-13)7-15-6-11-8-16-5-1-2-10(16)9-19-11/h3-4,10-11,15H,1-2,5-9H2,(H,17,18). The van der Waals surface area contributed by atoms with Crippen molar-refractivity contribution in [2.75, 3.05) is 26.2 Å². The van der Waals surface area contributed by atoms with Crippen molar-refractivity contribution in [3.8, 4) is 0 Å². The first-order valence-corrected chi connectivity index (χ1v) is 7.92. The summed E-state index contributed by atoms with van der Waals surface area (Å²) in [5.41, 5.74) is 0. The Hall–Kier alpha value is -0.950. The number of carboxylic acids is 1. The van der Waals surface area contributed by atoms with Crippen molar-refractivity contribution in [2.24, 2.45) is 0 Å². The highest BCUT2D eigenvalue weighted by atomic mass is 32.1. The minimum absolute atomic E-state index is 0.253. The van der Waals surface area contributed by atoms with Crippen LogP contribution < -0.4 is 5.32 Å². The minimum Gasteiger partial charge on any atom is -0.477 e. The predicted molar refractivity (Wildman–Crippen MR) is 77.3 cm³/mol. The Kier molecular flexibility index (Phi) is 4.35. The van der Waals surface area contributed by atoms with Gasteiger partial charge in [0.1, 0.15) is 4.88 Å². The van der Waals surface area contributed by atoms with Crippen molar-refractivity contribution in [3.05, 3.63) is 21.9 Å². The third kappa shape index (κ3) is 3.20. The van der Waals surface area contributed by atoms with E-state index in [1.54, 1.807) is 6.07 Å². The van der Waals surface area contributed by atoms with Gasteiger partial charge in [0.2, 0.25) is 0 Å². The van der Waals surface area contributed by atoms with E-state index in [0.717, 1.165) is 24.6 Å². The second kappa shape index (κ2) is 6.22. The highest BCUT2D eigenvalue weighted by Crippen LogP contribution is 2.22. The molecule has 2 aliphatic rings. The number of ether oxygens (including phenoxy) is 1. The average Bonchev–Trinajstić information content (AvgIpc) is 3.06. The van der Waals surface area contributed by atoms with Crippen molar-refractivity contribution in [1.82, 2.24) is 10.2 Å². The van der Waals surface area contributed by atoms with E-state index in [-0.39, 0.29) is 6.10 Å². The Balaban J connectivity index is 1.42. The maximum atomic E-state index is 10.8. The van der Waals surface area contributed by atoms with Gasteiger partial charge in [0.25, 0.3) is 0 Å². The number of hydrogen-bond acceptors (Lipinski definition) is 5. The quantitative estimate of drug-likeness (QED) is 0.860. The predicted octanol–water partition coefficient (Wildman–Crippen LogP) is 1.40. The van der Waals surface area contributed by atoms with Gasteiger partial charge in [-0.25, -0.2) is 4.79 Å². The number of aromatic carboxylic acids is 1. The topological polar surface area (TPSA) is 61.8 Å². The molecule has 2 fully saturated rings. The molecule has 2 aliphatic heterocycles. The van der Waals surface area contributed by atoms with Crippen molar-refractivity contribution in [1.29, 1.82) is 0 Å². The van der Waals surface area contributed by atoms with Crippen molar-refractivity contribution in [3.63, 3.8) is 0 Å². The number of fused-ring (bicyclic) bond motifs is 1. The molecule has 0 aliphatic carbocycles. The first-order valence-electron chi connectivity index (χ1n) is 7.11. The van der Waals surface area contributed by atoms with E-state index < -0.39 is 5.97 Å². The molecule has 2 N–H and O–H groups in total. The lowest BCUT2D eigenvalue weighted by atomic mass is 10.2. The summed E-state index contributed by atoms with van der Waals surface area (Å²) in [6, 6.07) is 4.18. The van der Waals surface area contributed by atoms with Crippen LogP contribution in [0.4, 0.5) is 0 Å². The molecule has 3 heterocycles. The summed E-state index contributed by atoms with van der Waals surface area (Å²) in [6.45, 7) is 4.61. The van der Waals surface area contributed by atoms with E-state index in [2.05, 4.69) is 10.2 Å². The summed E-state index contributed by atoms with van der Waals surface area (Å²) in [5.74, 6) is -0.850. The van der Waals surface area contributed by atoms with Crippen molar-refractivity contribution >= 4 is 17.3 Å². The Morgan fingerprint density at radius 2 is 2.45 bits per heavy atom. The third-order valence-corrected chi connectivity index (χ3v) is 5.08. The number of nitrogens with one attached hydrogen (secondary N) is 1. The van der Waals surface area contributed by atoms with Crippen LogP contribution in [-0.4, -0.2) is 54.4 Å². The van der Waals surface area contributed by atoms with Crippen molar-refractivity contribution in [2.45, 2.75) is 31.5 Å². The van der Waals surface area contributed by atoms with Gasteiger partial charge in [-0.05, 0) is 31.5 Å². The normalized spacial score (nSPS) is 26.6. The maximum absolute atomic E-state index is 10.8. The summed E-state index contributed by atoms with van der Waals surface area (Å²) in [5, 5.41) is 12.2. The lowest BCUT2D eigenvalue weighted by Crippen LogP contribution is -2.49. The molecule has 6 heteroatoms. The Labute approximate surface area is 122 Å². The largest absolute Gasteiger partial charge is 0.477 e. The van der Waals surface area contributed by atoms with Gasteiger partial charge in [0.05, 0.1) is 12.7 Å². The first-order chi connectivity index (χ1) is 9.72. The number of carboxylic acid groups (broad SMARTS) is 1. The van der Waals surface area contributed by atoms with Crippen LogP contribution in [0, 0.1) is 0 Å². The number of thiophene rings is 1. The summed E-state index contributed by atoms with van der Waals surface area (Å²) in [4.78, 5) is 14.8. The molecule has 1 aromatic heterocycles. The van der Waals surface area contributed by atoms with Crippen LogP contribution in [0.3, 0.4) is 0 Å². The SMILES string of the molecule is O=C(O)c1ccc(CNCC2CN3CCCC3CO2)s1. The molecule has 110 valence electrons. The lowest BCUT2D eigenvalue weighted by Gasteiger charge is -2.35. The highest BCUT2D eigenvalue weighted by molar-refractivity contribution is 7.13. The molecule has 1 aromatic rings. The second-order valence-electron chi connectivity index (χ2n) is 5.45. The Morgan fingerprint density at radius 1 is 1.55 bits per heavy atom. The van der Waals surface area contributed by atoms with Crippen molar-refractivity contribution < 1.29 is 14.6 Å². The molecule has 0 bridgehead atoms. The zero-order valence-corrected chi connectivity index (χ0v) is 12.2. The molecular weight excluding hydrogens is 276 g/mol. The summed E-state index contributed by atoms with van der Waals surface area (Å²) >= 11 is 1.33. The van der Waals surface area contributed by atoms with Gasteiger partial charge in [-0.2, -0.15) is 0 Å². The molecular formula is C14H20N2O3S. The van der Waals surface area contributed by atoms with Crippen LogP contribution in [0.5, 0.6) is 0 Å². The molecule has 2 atom stereocenters. The van der Waals surface area contributed by atoms with Gasteiger partial charge in [0, 0.05) is 30.6 Å². The Bertz CT molecular complexity index is 477. The summed E-state index contributed by atoms with van der Waals surface area (Å²) in [6.07, 6.45) is 2.82. The van der Waals surface area contributed by atoms with Crippen LogP contribution in [0.2, 0.25) is 0 Å². The number of nitrogens with zero attached hydrogens (tertiary/aromatic N) is 1. The van der Waals surface area contributed by atoms with Crippen LogP contribution >= 0.6 is 11.3 Å². The number of hydrogen-bond donors (Lipinski definition) is 2. The monoisotopic (exact) mass is 296 g/mol. The van der Waals surface area contributed by atoms with Gasteiger partial charge >= 0.3 is 5.97 Å². The number of carbonyl (C=O) groups is 1. The highest BCUT2D eigenvalue weighted by Gasteiger charge is 2.31. The van der Waals surface area contributed by atoms with Crippen LogP contribution in [0.1, 0.15) is 27.4 Å². The lowest BCUT2D eigenvalue weighted by molar-refractivity contribution is -0.0470. The van der Waals surface area contributed by atoms with Crippen LogP contribution in [0.15, 0.2) is 12.1 Å². The van der Waals surface area contributed by atoms with Gasteiger partial charge in [-0.3, -0.25) is 4.90 Å². The summed E-state index contributed by atoms with van der Waals surface area (Å²) in [7, 11) is 0. The van der Waals surface area contributed by atoms with Gasteiger partial charge in [-0.1, -0.05) is 0 Å². The molecule has 20 heavy (non-hydrogen) atoms. The molecule has 5 nitrogen and oxygen atoms in total. The molecule has 0 spiro atoms. The minimum atomic E-state index is -0.850. The molecule has 0 aromatic carbocycles. The molecule has 3 rings (SSSR count). The molecule has 0 radical (unpaired) electrons. The van der Waals surface area contributed by atoms with E-state index in [1.807, 2.05) is 6.07 Å². The van der Waals surface area contributed by atoms with Crippen LogP contribution in [-0.2, 0) is 11.3 Å². The molecule has 2 saturated heterocycles. The van der Waals surface area contributed by atoms with E-state index in [9.17, 15) is 4.79 Å². The average molecular weight is 296 g/mol. The van der Waals surface area contributed by atoms with Crippen LogP contribution in [0.25, 0.3) is 0 Å². The molecule has 2 unspecified atom stereocenters. The zero-order chi connectivity index (χ0) is 13.9. The summed E-state index contributed by atoms with van der Waals surface area (Å²) < 4.78 is 5.88. The smallest absolute Gasteiger partial charge is 0.345 e. The second-order valence-corrected chi connectivity index (χ2v) is 6.62. The van der Waals surface area contributed by atoms with E-state index in [1.165, 1.54) is 30.7 Å². The number of rotatable bonds is 5. The van der Waals surface area contributed by atoms with E-state index in [4.69, 9.17) is 9.84 Å². The van der Waals surface area contributed by atoms with Gasteiger partial charge < -0.3 is 15.2 Å². The maximum Gasteiger partial charge on any atom is 0.345 e. The third-order valence-electron chi connectivity index (χ3n) is 4.01.